The Hall–Kier alpha value is -2.96. The van der Waals surface area contributed by atoms with Crippen LogP contribution in [0.25, 0.3) is 5.69 Å². The Morgan fingerprint density at radius 1 is 1.15 bits per heavy atom. The average molecular weight is 493 g/mol. The highest BCUT2D eigenvalue weighted by Crippen LogP contribution is 2.33. The number of allylic oxidation sites excluding steroid dienone is 1. The van der Waals surface area contributed by atoms with Gasteiger partial charge >= 0.3 is 0 Å². The second-order valence-electron chi connectivity index (χ2n) is 6.93. The number of aromatic hydroxyl groups is 1. The minimum Gasteiger partial charge on any atom is -0.492 e. The summed E-state index contributed by atoms with van der Waals surface area (Å²) >= 11 is 7.32. The van der Waals surface area contributed by atoms with Gasteiger partial charge in [0, 0.05) is 37.1 Å². The molecule has 0 aromatic carbocycles. The number of nitrogens with one attached hydrogen (secondary N) is 1. The van der Waals surface area contributed by atoms with Crippen LogP contribution in [0.5, 0.6) is 11.8 Å². The molecule has 176 valence electrons. The van der Waals surface area contributed by atoms with E-state index in [0.717, 1.165) is 0 Å². The van der Waals surface area contributed by atoms with Gasteiger partial charge in [-0.25, -0.2) is 9.97 Å². The molecule has 0 bridgehead atoms. The van der Waals surface area contributed by atoms with Crippen molar-refractivity contribution >= 4 is 29.5 Å². The lowest BCUT2D eigenvalue weighted by atomic mass is 10.1. The lowest BCUT2D eigenvalue weighted by Crippen LogP contribution is -2.15. The fraction of sp³-hybridized carbons (Fsp3) is 0.400. The molecular formula is C20H25ClN8O3S. The molecule has 3 heterocycles. The fourth-order valence-corrected chi connectivity index (χ4v) is 3.66. The predicted molar refractivity (Wildman–Crippen MR) is 126 cm³/mol. The van der Waals surface area contributed by atoms with Crippen LogP contribution in [0.4, 0.5) is 5.95 Å². The van der Waals surface area contributed by atoms with E-state index in [1.54, 1.807) is 24.1 Å². The Kier molecular flexibility index (Phi) is 8.80. The van der Waals surface area contributed by atoms with Crippen LogP contribution in [0.1, 0.15) is 31.4 Å². The van der Waals surface area contributed by atoms with Crippen LogP contribution in [-0.4, -0.2) is 65.9 Å². The number of anilines is 1. The van der Waals surface area contributed by atoms with Crippen LogP contribution in [0, 0.1) is 0 Å². The number of halogens is 1. The van der Waals surface area contributed by atoms with Gasteiger partial charge in [0.1, 0.15) is 18.0 Å². The van der Waals surface area contributed by atoms with Crippen LogP contribution in [0.2, 0.25) is 5.02 Å². The van der Waals surface area contributed by atoms with Crippen molar-refractivity contribution in [1.29, 1.82) is 0 Å². The number of aromatic nitrogens is 7. The van der Waals surface area contributed by atoms with Crippen molar-refractivity contribution in [1.82, 2.24) is 34.7 Å². The maximum atomic E-state index is 10.5. The molecule has 0 amide bonds. The summed E-state index contributed by atoms with van der Waals surface area (Å²) in [5.41, 5.74) is 0.241. The highest BCUT2D eigenvalue weighted by molar-refractivity contribution is 8.01. The summed E-state index contributed by atoms with van der Waals surface area (Å²) in [4.78, 5) is 16.6. The number of ether oxygens (including phenoxy) is 2. The molecule has 0 saturated heterocycles. The van der Waals surface area contributed by atoms with Gasteiger partial charge in [-0.05, 0) is 11.9 Å². The van der Waals surface area contributed by atoms with E-state index in [4.69, 9.17) is 21.1 Å². The summed E-state index contributed by atoms with van der Waals surface area (Å²) in [7, 11) is 3.08. The lowest BCUT2D eigenvalue weighted by Gasteiger charge is -2.19. The van der Waals surface area contributed by atoms with Gasteiger partial charge in [0.2, 0.25) is 17.7 Å². The first-order valence-electron chi connectivity index (χ1n) is 10.0. The Bertz CT molecular complexity index is 1080. The Morgan fingerprint density at radius 3 is 2.61 bits per heavy atom. The zero-order valence-electron chi connectivity index (χ0n) is 18.6. The van der Waals surface area contributed by atoms with Crippen molar-refractivity contribution in [2.75, 3.05) is 25.5 Å². The van der Waals surface area contributed by atoms with Crippen molar-refractivity contribution in [3.8, 4) is 17.4 Å². The summed E-state index contributed by atoms with van der Waals surface area (Å²) < 4.78 is 15.3. The standard InChI is InChI=1S/C20H25ClN8O3S/c1-12(17-22-9-14(21)10-23-17)13(2)33-28-20-27-26-15(7-5-6-8-31-3)29(20)16-18(30)24-11-25-19(16)32-4/h5-6,9-13H,7-8H2,1-4H3,(H,27,28)(H,24,25,30)/b6-5-. The first-order chi connectivity index (χ1) is 16.0. The number of hydrogen-bond donors (Lipinski definition) is 2. The first kappa shape index (κ1) is 24.7. The molecule has 3 rings (SSSR count). The normalized spacial score (nSPS) is 13.2. The second kappa shape index (κ2) is 11.8. The summed E-state index contributed by atoms with van der Waals surface area (Å²) in [6.07, 6.45) is 8.58. The monoisotopic (exact) mass is 492 g/mol. The van der Waals surface area contributed by atoms with E-state index >= 15 is 0 Å². The highest BCUT2D eigenvalue weighted by Gasteiger charge is 2.24. The number of nitrogens with zero attached hydrogens (tertiary/aromatic N) is 7. The molecule has 2 unspecified atom stereocenters. The summed E-state index contributed by atoms with van der Waals surface area (Å²) in [5, 5.41) is 19.6. The van der Waals surface area contributed by atoms with E-state index in [0.29, 0.717) is 35.6 Å². The summed E-state index contributed by atoms with van der Waals surface area (Å²) in [5.74, 6) is 1.57. The van der Waals surface area contributed by atoms with Gasteiger partial charge in [0.25, 0.3) is 0 Å². The van der Waals surface area contributed by atoms with Gasteiger partial charge < -0.3 is 14.6 Å². The quantitative estimate of drug-likeness (QED) is 0.302. The van der Waals surface area contributed by atoms with Gasteiger partial charge in [-0.1, -0.05) is 37.6 Å². The molecule has 2 atom stereocenters. The van der Waals surface area contributed by atoms with Gasteiger partial charge in [0.15, 0.2) is 5.69 Å². The average Bonchev–Trinajstić information content (AvgIpc) is 3.22. The SMILES string of the molecule is COC/C=C\Cc1nnc(NSC(C)C(C)c2ncc(Cl)cn2)n1-c1c(O)ncnc1OC. The van der Waals surface area contributed by atoms with Crippen molar-refractivity contribution in [2.45, 2.75) is 31.4 Å². The number of rotatable bonds is 11. The summed E-state index contributed by atoms with van der Waals surface area (Å²) in [6.45, 7) is 4.54. The van der Waals surface area contributed by atoms with E-state index in [1.165, 1.54) is 25.4 Å². The second-order valence-corrected chi connectivity index (χ2v) is 8.55. The highest BCUT2D eigenvalue weighted by atomic mass is 35.5. The Morgan fingerprint density at radius 2 is 1.91 bits per heavy atom. The van der Waals surface area contributed by atoms with Crippen molar-refractivity contribution < 1.29 is 14.6 Å². The molecule has 3 aromatic rings. The van der Waals surface area contributed by atoms with Gasteiger partial charge in [-0.15, -0.1) is 10.2 Å². The van der Waals surface area contributed by atoms with Crippen molar-refractivity contribution in [3.63, 3.8) is 0 Å². The zero-order valence-corrected chi connectivity index (χ0v) is 20.2. The van der Waals surface area contributed by atoms with E-state index in [2.05, 4.69) is 34.9 Å². The third kappa shape index (κ3) is 6.09. The van der Waals surface area contributed by atoms with Crippen LogP contribution >= 0.6 is 23.5 Å². The molecule has 33 heavy (non-hydrogen) atoms. The molecule has 11 nitrogen and oxygen atoms in total. The zero-order chi connectivity index (χ0) is 23.8. The van der Waals surface area contributed by atoms with Gasteiger partial charge in [-0.2, -0.15) is 9.97 Å². The molecule has 0 spiro atoms. The van der Waals surface area contributed by atoms with Gasteiger partial charge in [0.05, 0.1) is 18.7 Å². The van der Waals surface area contributed by atoms with Crippen molar-refractivity contribution in [2.24, 2.45) is 0 Å². The molecule has 2 N–H and O–H groups in total. The van der Waals surface area contributed by atoms with E-state index in [9.17, 15) is 5.11 Å². The third-order valence-electron chi connectivity index (χ3n) is 4.73. The molecule has 13 heteroatoms. The summed E-state index contributed by atoms with van der Waals surface area (Å²) in [6, 6.07) is 0. The lowest BCUT2D eigenvalue weighted by molar-refractivity contribution is 0.233. The van der Waals surface area contributed by atoms with Crippen LogP contribution in [0.15, 0.2) is 30.9 Å². The minimum absolute atomic E-state index is 0.0237. The molecule has 3 aromatic heterocycles. The third-order valence-corrected chi connectivity index (χ3v) is 6.01. The van der Waals surface area contributed by atoms with Crippen molar-refractivity contribution in [3.05, 3.63) is 47.5 Å². The van der Waals surface area contributed by atoms with E-state index in [1.807, 2.05) is 26.0 Å². The number of methoxy groups -OCH3 is 2. The largest absolute Gasteiger partial charge is 0.492 e. The molecule has 0 aliphatic rings. The van der Waals surface area contributed by atoms with Crippen LogP contribution < -0.4 is 9.46 Å². The van der Waals surface area contributed by atoms with E-state index in [-0.39, 0.29) is 28.6 Å². The number of hydrogen-bond acceptors (Lipinski definition) is 11. The smallest absolute Gasteiger partial charge is 0.245 e. The first-order valence-corrected chi connectivity index (χ1v) is 11.3. The fourth-order valence-electron chi connectivity index (χ4n) is 2.82. The Labute approximate surface area is 200 Å². The molecule has 0 aliphatic heterocycles. The molecule has 0 saturated carbocycles. The predicted octanol–water partition coefficient (Wildman–Crippen LogP) is 3.21. The maximum absolute atomic E-state index is 10.5. The minimum atomic E-state index is -0.257. The molecule has 0 radical (unpaired) electrons. The van der Waals surface area contributed by atoms with E-state index < -0.39 is 0 Å². The van der Waals surface area contributed by atoms with Crippen LogP contribution in [-0.2, 0) is 11.2 Å². The maximum Gasteiger partial charge on any atom is 0.245 e. The van der Waals surface area contributed by atoms with Crippen LogP contribution in [0.3, 0.4) is 0 Å². The molecular weight excluding hydrogens is 468 g/mol. The molecule has 0 aliphatic carbocycles. The molecule has 0 fully saturated rings. The topological polar surface area (TPSA) is 133 Å². The Balaban J connectivity index is 1.87. The van der Waals surface area contributed by atoms with Gasteiger partial charge in [-0.3, -0.25) is 9.29 Å².